The predicted octanol–water partition coefficient (Wildman–Crippen LogP) is 2.52. The topological polar surface area (TPSA) is 72.2 Å². The molecule has 0 bridgehead atoms. The molecule has 0 aliphatic rings. The van der Waals surface area contributed by atoms with Crippen LogP contribution in [0.3, 0.4) is 0 Å². The van der Waals surface area contributed by atoms with E-state index in [2.05, 4.69) is 5.10 Å². The number of aromatic hydroxyl groups is 1. The first-order valence-corrected chi connectivity index (χ1v) is 6.86. The molecule has 22 heavy (non-hydrogen) atoms. The summed E-state index contributed by atoms with van der Waals surface area (Å²) in [5.74, 6) is -1.18. The molecule has 1 heterocycles. The minimum atomic E-state index is -0.695. The van der Waals surface area contributed by atoms with E-state index in [1.807, 2.05) is 18.2 Å². The molecular formula is C16H11ClN2O3. The van der Waals surface area contributed by atoms with Crippen molar-refractivity contribution in [2.75, 3.05) is 0 Å². The van der Waals surface area contributed by atoms with E-state index in [0.717, 1.165) is 10.1 Å². The van der Waals surface area contributed by atoms with Gasteiger partial charge in [0.2, 0.25) is 5.78 Å². The molecule has 6 heteroatoms. The molecule has 0 amide bonds. The number of carbonyl (C=O) groups is 1. The van der Waals surface area contributed by atoms with Gasteiger partial charge in [-0.05, 0) is 10.8 Å². The number of carbonyl (C=O) groups excluding carboxylic acids is 1. The highest BCUT2D eigenvalue weighted by Crippen LogP contribution is 2.27. The summed E-state index contributed by atoms with van der Waals surface area (Å²) in [6.45, 7) is 0. The Kier molecular flexibility index (Phi) is 3.42. The van der Waals surface area contributed by atoms with Crippen LogP contribution >= 0.6 is 11.6 Å². The Balaban J connectivity index is 2.30. The van der Waals surface area contributed by atoms with E-state index in [-0.39, 0.29) is 10.7 Å². The van der Waals surface area contributed by atoms with Gasteiger partial charge in [0.25, 0.3) is 5.56 Å². The van der Waals surface area contributed by atoms with Crippen LogP contribution in [-0.4, -0.2) is 20.7 Å². The highest BCUT2D eigenvalue weighted by molar-refractivity contribution is 6.31. The van der Waals surface area contributed by atoms with E-state index in [0.29, 0.717) is 10.9 Å². The zero-order valence-electron chi connectivity index (χ0n) is 11.6. The third-order valence-corrected chi connectivity index (χ3v) is 3.69. The molecule has 0 radical (unpaired) electrons. The first kappa shape index (κ1) is 14.3. The second kappa shape index (κ2) is 5.27. The molecule has 3 rings (SSSR count). The fraction of sp³-hybridized carbons (Fsp3) is 0.0625. The van der Waals surface area contributed by atoms with Gasteiger partial charge in [-0.3, -0.25) is 9.59 Å². The average molecular weight is 315 g/mol. The summed E-state index contributed by atoms with van der Waals surface area (Å²) in [6, 6.07) is 12.5. The van der Waals surface area contributed by atoms with Gasteiger partial charge in [-0.2, -0.15) is 5.10 Å². The molecule has 2 aromatic carbocycles. The second-order valence-corrected chi connectivity index (χ2v) is 5.16. The molecule has 1 N–H and O–H groups in total. The Morgan fingerprint density at radius 2 is 1.86 bits per heavy atom. The third-order valence-electron chi connectivity index (χ3n) is 3.44. The van der Waals surface area contributed by atoms with Crippen molar-refractivity contribution in [1.82, 2.24) is 9.78 Å². The number of fused-ring (bicyclic) bond motifs is 1. The summed E-state index contributed by atoms with van der Waals surface area (Å²) in [6.07, 6.45) is 0. The summed E-state index contributed by atoms with van der Waals surface area (Å²) in [7, 11) is 1.37. The zero-order chi connectivity index (χ0) is 15.9. The van der Waals surface area contributed by atoms with E-state index in [1.54, 1.807) is 24.3 Å². The van der Waals surface area contributed by atoms with Gasteiger partial charge in [0, 0.05) is 12.6 Å². The Morgan fingerprint density at radius 1 is 1.18 bits per heavy atom. The first-order valence-electron chi connectivity index (χ1n) is 6.49. The van der Waals surface area contributed by atoms with E-state index in [1.165, 1.54) is 7.05 Å². The molecule has 0 saturated heterocycles. The lowest BCUT2D eigenvalue weighted by Crippen LogP contribution is -2.27. The van der Waals surface area contributed by atoms with Crippen molar-refractivity contribution in [1.29, 1.82) is 0 Å². The predicted molar refractivity (Wildman–Crippen MR) is 83.5 cm³/mol. The zero-order valence-corrected chi connectivity index (χ0v) is 12.3. The molecule has 110 valence electrons. The summed E-state index contributed by atoms with van der Waals surface area (Å²) in [4.78, 5) is 24.9. The number of nitrogens with zero attached hydrogens (tertiary/aromatic N) is 2. The van der Waals surface area contributed by atoms with Crippen LogP contribution in [0.5, 0.6) is 5.75 Å². The van der Waals surface area contributed by atoms with Crippen LogP contribution in [0.1, 0.15) is 15.9 Å². The Bertz CT molecular complexity index is 958. The van der Waals surface area contributed by atoms with Gasteiger partial charge in [-0.25, -0.2) is 4.68 Å². The lowest BCUT2D eigenvalue weighted by atomic mass is 9.98. The Morgan fingerprint density at radius 3 is 2.64 bits per heavy atom. The van der Waals surface area contributed by atoms with Gasteiger partial charge in [-0.15, -0.1) is 0 Å². The molecule has 0 unspecified atom stereocenters. The van der Waals surface area contributed by atoms with Crippen LogP contribution in [0.25, 0.3) is 10.8 Å². The highest BCUT2D eigenvalue weighted by Gasteiger charge is 2.23. The summed E-state index contributed by atoms with van der Waals surface area (Å²) < 4.78 is 0.931. The molecule has 1 aromatic heterocycles. The number of aromatic nitrogens is 2. The number of hydrogen-bond acceptors (Lipinski definition) is 4. The Hall–Kier alpha value is -2.66. The molecule has 0 fully saturated rings. The van der Waals surface area contributed by atoms with Crippen molar-refractivity contribution in [2.24, 2.45) is 7.05 Å². The SMILES string of the molecule is Cn1nc(Cl)c(O)c(C(=O)c2cccc3ccccc23)c1=O. The average Bonchev–Trinajstić information content (AvgIpc) is 2.52. The number of aryl methyl sites for hydroxylation is 1. The van der Waals surface area contributed by atoms with Crippen molar-refractivity contribution in [2.45, 2.75) is 0 Å². The Labute approximate surface area is 130 Å². The number of rotatable bonds is 2. The molecule has 0 spiro atoms. The summed E-state index contributed by atoms with van der Waals surface area (Å²) in [5.41, 5.74) is -0.744. The lowest BCUT2D eigenvalue weighted by Gasteiger charge is -2.08. The van der Waals surface area contributed by atoms with Gasteiger partial charge in [0.15, 0.2) is 10.9 Å². The highest BCUT2D eigenvalue weighted by atomic mass is 35.5. The van der Waals surface area contributed by atoms with Crippen molar-refractivity contribution >= 4 is 28.2 Å². The van der Waals surface area contributed by atoms with E-state index >= 15 is 0 Å². The molecule has 5 nitrogen and oxygen atoms in total. The minimum absolute atomic E-state index is 0.286. The summed E-state index contributed by atoms with van der Waals surface area (Å²) in [5, 5.41) is 14.9. The monoisotopic (exact) mass is 314 g/mol. The van der Waals surface area contributed by atoms with Crippen molar-refractivity contribution in [3.8, 4) is 5.75 Å². The van der Waals surface area contributed by atoms with Crippen molar-refractivity contribution in [3.05, 3.63) is 69.1 Å². The van der Waals surface area contributed by atoms with Gasteiger partial charge in [0.1, 0.15) is 5.56 Å². The van der Waals surface area contributed by atoms with Gasteiger partial charge in [-0.1, -0.05) is 54.1 Å². The molecule has 0 saturated carbocycles. The normalized spacial score (nSPS) is 10.8. The van der Waals surface area contributed by atoms with Gasteiger partial charge in [0.05, 0.1) is 0 Å². The third kappa shape index (κ3) is 2.16. The molecule has 0 aliphatic carbocycles. The van der Waals surface area contributed by atoms with E-state index < -0.39 is 17.1 Å². The van der Waals surface area contributed by atoms with Crippen molar-refractivity contribution in [3.63, 3.8) is 0 Å². The second-order valence-electron chi connectivity index (χ2n) is 4.80. The van der Waals surface area contributed by atoms with Crippen LogP contribution in [0.15, 0.2) is 47.3 Å². The number of halogens is 1. The maximum absolute atomic E-state index is 12.7. The van der Waals surface area contributed by atoms with E-state index in [4.69, 9.17) is 11.6 Å². The molecule has 0 aliphatic heterocycles. The number of hydrogen-bond donors (Lipinski definition) is 1. The van der Waals surface area contributed by atoms with Crippen LogP contribution in [0.4, 0.5) is 0 Å². The fourth-order valence-electron chi connectivity index (χ4n) is 2.35. The first-order chi connectivity index (χ1) is 10.5. The summed E-state index contributed by atoms with van der Waals surface area (Å²) >= 11 is 5.77. The van der Waals surface area contributed by atoms with Gasteiger partial charge >= 0.3 is 0 Å². The fourth-order valence-corrected chi connectivity index (χ4v) is 2.56. The lowest BCUT2D eigenvalue weighted by molar-refractivity contribution is 0.103. The number of ketones is 1. The minimum Gasteiger partial charge on any atom is -0.504 e. The molecular weight excluding hydrogens is 304 g/mol. The van der Waals surface area contributed by atoms with Crippen molar-refractivity contribution < 1.29 is 9.90 Å². The van der Waals surface area contributed by atoms with Crippen LogP contribution in [0, 0.1) is 0 Å². The van der Waals surface area contributed by atoms with Crippen LogP contribution in [-0.2, 0) is 7.05 Å². The molecule has 3 aromatic rings. The van der Waals surface area contributed by atoms with Crippen LogP contribution in [0.2, 0.25) is 5.15 Å². The van der Waals surface area contributed by atoms with E-state index in [9.17, 15) is 14.7 Å². The largest absolute Gasteiger partial charge is 0.504 e. The quantitative estimate of drug-likeness (QED) is 0.738. The maximum atomic E-state index is 12.7. The maximum Gasteiger partial charge on any atom is 0.281 e. The molecule has 0 atom stereocenters. The smallest absolute Gasteiger partial charge is 0.281 e. The van der Waals surface area contributed by atoms with Crippen LogP contribution < -0.4 is 5.56 Å². The standard InChI is InChI=1S/C16H11ClN2O3/c1-19-16(22)12(14(21)15(17)18-19)13(20)11-8-4-6-9-5-2-3-7-10(9)11/h2-8,21H,1H3. The van der Waals surface area contributed by atoms with Gasteiger partial charge < -0.3 is 5.11 Å². The number of benzene rings is 2.